The lowest BCUT2D eigenvalue weighted by molar-refractivity contribution is 0.0792. The molecule has 1 aromatic carbocycles. The smallest absolute Gasteiger partial charge is 0.175 e. The molecule has 2 N–H and O–H groups in total. The Hall–Kier alpha value is -1.88. The zero-order valence-corrected chi connectivity index (χ0v) is 10.4. The molecule has 1 fully saturated rings. The molecule has 1 aromatic heterocycles. The Bertz CT molecular complexity index is 577. The minimum absolute atomic E-state index is 0.188. The summed E-state index contributed by atoms with van der Waals surface area (Å²) in [5.74, 6) is 0.788. The first kappa shape index (κ1) is 12.2. The summed E-state index contributed by atoms with van der Waals surface area (Å²) < 4.78 is 24.6. The first-order valence-electron chi connectivity index (χ1n) is 6.35. The fourth-order valence-corrected chi connectivity index (χ4v) is 2.49. The van der Waals surface area contributed by atoms with Crippen molar-refractivity contribution in [1.82, 2.24) is 5.16 Å². The highest BCUT2D eigenvalue weighted by atomic mass is 19.1. The van der Waals surface area contributed by atoms with Gasteiger partial charge in [0.1, 0.15) is 11.6 Å². The zero-order chi connectivity index (χ0) is 13.2. The maximum absolute atomic E-state index is 13.9. The van der Waals surface area contributed by atoms with Crippen molar-refractivity contribution in [3.05, 3.63) is 35.8 Å². The van der Waals surface area contributed by atoms with E-state index in [1.165, 1.54) is 6.07 Å². The third-order valence-electron chi connectivity index (χ3n) is 3.48. The Morgan fingerprint density at radius 1 is 1.21 bits per heavy atom. The molecule has 2 aromatic rings. The maximum atomic E-state index is 13.9. The van der Waals surface area contributed by atoms with Gasteiger partial charge in [0, 0.05) is 24.7 Å². The fourth-order valence-electron chi connectivity index (χ4n) is 2.49. The SMILES string of the molecule is Nc1noc(C2CCOCC2)c1-c1ccccc1F. The van der Waals surface area contributed by atoms with Gasteiger partial charge in [-0.05, 0) is 18.9 Å². The van der Waals surface area contributed by atoms with Gasteiger partial charge in [0.2, 0.25) is 0 Å². The lowest BCUT2D eigenvalue weighted by Gasteiger charge is -2.20. The summed E-state index contributed by atoms with van der Waals surface area (Å²) in [6.45, 7) is 1.37. The molecule has 1 saturated heterocycles. The summed E-state index contributed by atoms with van der Waals surface area (Å²) in [5.41, 5.74) is 6.88. The lowest BCUT2D eigenvalue weighted by atomic mass is 9.92. The summed E-state index contributed by atoms with van der Waals surface area (Å²) in [7, 11) is 0. The van der Waals surface area contributed by atoms with Crippen LogP contribution in [0.5, 0.6) is 0 Å². The molecule has 0 atom stereocenters. The number of halogens is 1. The molecule has 2 heterocycles. The molecule has 100 valence electrons. The predicted octanol–water partition coefficient (Wildman–Crippen LogP) is 2.96. The molecule has 5 heteroatoms. The van der Waals surface area contributed by atoms with Crippen LogP contribution in [0.4, 0.5) is 10.2 Å². The number of aromatic nitrogens is 1. The van der Waals surface area contributed by atoms with E-state index in [0.717, 1.165) is 12.8 Å². The summed E-state index contributed by atoms with van der Waals surface area (Å²) in [6, 6.07) is 6.53. The molecule has 0 amide bonds. The van der Waals surface area contributed by atoms with Gasteiger partial charge in [0.15, 0.2) is 5.82 Å². The normalized spacial score (nSPS) is 16.7. The number of nitrogens with two attached hydrogens (primary N) is 1. The monoisotopic (exact) mass is 262 g/mol. The van der Waals surface area contributed by atoms with E-state index < -0.39 is 0 Å². The van der Waals surface area contributed by atoms with Crippen LogP contribution >= 0.6 is 0 Å². The Morgan fingerprint density at radius 3 is 2.68 bits per heavy atom. The van der Waals surface area contributed by atoms with Crippen molar-refractivity contribution in [2.24, 2.45) is 0 Å². The molecule has 3 rings (SSSR count). The van der Waals surface area contributed by atoms with Gasteiger partial charge in [-0.25, -0.2) is 4.39 Å². The minimum atomic E-state index is -0.314. The van der Waals surface area contributed by atoms with Crippen LogP contribution in [-0.4, -0.2) is 18.4 Å². The molecule has 19 heavy (non-hydrogen) atoms. The standard InChI is InChI=1S/C14H15FN2O2/c15-11-4-2-1-3-10(11)12-13(19-17-14(12)16)9-5-7-18-8-6-9/h1-4,9H,5-8H2,(H2,16,17). The zero-order valence-electron chi connectivity index (χ0n) is 10.4. The van der Waals surface area contributed by atoms with Gasteiger partial charge < -0.3 is 15.0 Å². The highest BCUT2D eigenvalue weighted by Crippen LogP contribution is 2.39. The van der Waals surface area contributed by atoms with Gasteiger partial charge in [-0.2, -0.15) is 0 Å². The molecule has 0 aliphatic carbocycles. The molecule has 0 bridgehead atoms. The van der Waals surface area contributed by atoms with E-state index in [1.54, 1.807) is 18.2 Å². The van der Waals surface area contributed by atoms with E-state index in [2.05, 4.69) is 5.16 Å². The first-order chi connectivity index (χ1) is 9.27. The summed E-state index contributed by atoms with van der Waals surface area (Å²) in [6.07, 6.45) is 1.69. The minimum Gasteiger partial charge on any atom is -0.381 e. The van der Waals surface area contributed by atoms with Crippen LogP contribution in [0.3, 0.4) is 0 Å². The Morgan fingerprint density at radius 2 is 1.95 bits per heavy atom. The van der Waals surface area contributed by atoms with Gasteiger partial charge in [0.05, 0.1) is 5.56 Å². The number of hydrogen-bond donors (Lipinski definition) is 1. The van der Waals surface area contributed by atoms with E-state index >= 15 is 0 Å². The number of benzene rings is 1. The third-order valence-corrected chi connectivity index (χ3v) is 3.48. The van der Waals surface area contributed by atoms with Gasteiger partial charge >= 0.3 is 0 Å². The van der Waals surface area contributed by atoms with E-state index in [1.807, 2.05) is 0 Å². The average Bonchev–Trinajstić information content (AvgIpc) is 2.82. The molecule has 4 nitrogen and oxygen atoms in total. The highest BCUT2D eigenvalue weighted by molar-refractivity contribution is 5.76. The van der Waals surface area contributed by atoms with Crippen LogP contribution in [0.1, 0.15) is 24.5 Å². The van der Waals surface area contributed by atoms with Gasteiger partial charge in [-0.1, -0.05) is 23.4 Å². The van der Waals surface area contributed by atoms with Crippen LogP contribution in [0.2, 0.25) is 0 Å². The number of anilines is 1. The topological polar surface area (TPSA) is 61.3 Å². The van der Waals surface area contributed by atoms with Crippen molar-refractivity contribution < 1.29 is 13.7 Å². The van der Waals surface area contributed by atoms with Crippen LogP contribution < -0.4 is 5.73 Å². The second-order valence-electron chi connectivity index (χ2n) is 4.67. The Kier molecular flexibility index (Phi) is 3.21. The number of ether oxygens (including phenoxy) is 1. The van der Waals surface area contributed by atoms with Crippen molar-refractivity contribution in [3.8, 4) is 11.1 Å². The van der Waals surface area contributed by atoms with Gasteiger partial charge in [-0.15, -0.1) is 0 Å². The van der Waals surface area contributed by atoms with Crippen molar-refractivity contribution in [1.29, 1.82) is 0 Å². The molecular formula is C14H15FN2O2. The molecule has 0 spiro atoms. The average molecular weight is 262 g/mol. The maximum Gasteiger partial charge on any atom is 0.175 e. The van der Waals surface area contributed by atoms with E-state index in [-0.39, 0.29) is 17.6 Å². The Balaban J connectivity index is 2.06. The lowest BCUT2D eigenvalue weighted by Crippen LogP contribution is -2.14. The summed E-state index contributed by atoms with van der Waals surface area (Å²) in [5, 5.41) is 3.80. The quantitative estimate of drug-likeness (QED) is 0.903. The fraction of sp³-hybridized carbons (Fsp3) is 0.357. The van der Waals surface area contributed by atoms with Crippen LogP contribution in [0.25, 0.3) is 11.1 Å². The number of nitrogens with zero attached hydrogens (tertiary/aromatic N) is 1. The van der Waals surface area contributed by atoms with Crippen LogP contribution in [0, 0.1) is 5.82 Å². The van der Waals surface area contributed by atoms with E-state index in [9.17, 15) is 4.39 Å². The molecular weight excluding hydrogens is 247 g/mol. The van der Waals surface area contributed by atoms with Crippen LogP contribution in [-0.2, 0) is 4.74 Å². The van der Waals surface area contributed by atoms with Crippen molar-refractivity contribution in [2.75, 3.05) is 18.9 Å². The summed E-state index contributed by atoms with van der Waals surface area (Å²) in [4.78, 5) is 0. The highest BCUT2D eigenvalue weighted by Gasteiger charge is 2.27. The summed E-state index contributed by atoms with van der Waals surface area (Å²) >= 11 is 0. The van der Waals surface area contributed by atoms with Gasteiger partial charge in [-0.3, -0.25) is 0 Å². The third kappa shape index (κ3) is 2.21. The van der Waals surface area contributed by atoms with Crippen molar-refractivity contribution >= 4 is 5.82 Å². The van der Waals surface area contributed by atoms with Crippen molar-refractivity contribution in [3.63, 3.8) is 0 Å². The van der Waals surface area contributed by atoms with Crippen LogP contribution in [0.15, 0.2) is 28.8 Å². The molecule has 1 aliphatic heterocycles. The first-order valence-corrected chi connectivity index (χ1v) is 6.35. The molecule has 0 radical (unpaired) electrons. The second-order valence-corrected chi connectivity index (χ2v) is 4.67. The predicted molar refractivity (Wildman–Crippen MR) is 69.1 cm³/mol. The number of nitrogen functional groups attached to an aromatic ring is 1. The van der Waals surface area contributed by atoms with E-state index in [0.29, 0.717) is 30.1 Å². The molecule has 0 saturated carbocycles. The van der Waals surface area contributed by atoms with Crippen molar-refractivity contribution in [2.45, 2.75) is 18.8 Å². The molecule has 0 unspecified atom stereocenters. The Labute approximate surface area is 110 Å². The number of hydrogen-bond acceptors (Lipinski definition) is 4. The second kappa shape index (κ2) is 5.01. The largest absolute Gasteiger partial charge is 0.381 e. The molecule has 1 aliphatic rings. The van der Waals surface area contributed by atoms with E-state index in [4.69, 9.17) is 15.0 Å². The number of rotatable bonds is 2. The van der Waals surface area contributed by atoms with Gasteiger partial charge in [0.25, 0.3) is 0 Å².